The predicted molar refractivity (Wildman–Crippen MR) is 71.2 cm³/mol. The van der Waals surface area contributed by atoms with Crippen LogP contribution in [0.15, 0.2) is 12.8 Å². The normalized spacial score (nSPS) is 10.5. The fourth-order valence-electron chi connectivity index (χ4n) is 1.75. The first-order chi connectivity index (χ1) is 8.91. The summed E-state index contributed by atoms with van der Waals surface area (Å²) in [6.45, 7) is 6.05. The highest BCUT2D eigenvalue weighted by molar-refractivity contribution is 4.46. The van der Waals surface area contributed by atoms with Gasteiger partial charge in [0.25, 0.3) is 0 Å². The van der Waals surface area contributed by atoms with Gasteiger partial charge in [0.15, 0.2) is 0 Å². The molecule has 108 valence electrons. The Morgan fingerprint density at radius 1 is 0.778 bits per heavy atom. The third-order valence-electron chi connectivity index (χ3n) is 2.76. The van der Waals surface area contributed by atoms with Gasteiger partial charge >= 0.3 is 0 Å². The van der Waals surface area contributed by atoms with Crippen molar-refractivity contribution in [2.24, 2.45) is 0 Å². The second-order valence-electron chi connectivity index (χ2n) is 4.40. The predicted octanol–water partition coefficient (Wildman–Crippen LogP) is 4.86. The van der Waals surface area contributed by atoms with E-state index in [1.165, 1.54) is 57.8 Å². The molecule has 0 amide bonds. The van der Waals surface area contributed by atoms with Crippen molar-refractivity contribution in [3.05, 3.63) is 12.8 Å². The molecule has 0 atom stereocenters. The van der Waals surface area contributed by atoms with Crippen LogP contribution in [0.25, 0.3) is 0 Å². The number of hydrogen-bond acceptors (Lipinski definition) is 4. The van der Waals surface area contributed by atoms with Crippen LogP contribution in [-0.2, 0) is 19.9 Å². The summed E-state index contributed by atoms with van der Waals surface area (Å²) in [6, 6.07) is 0. The largest absolute Gasteiger partial charge is 0.315 e. The van der Waals surface area contributed by atoms with E-state index in [0.29, 0.717) is 6.61 Å². The lowest BCUT2D eigenvalue weighted by Gasteiger charge is -2.02. The Hall–Kier alpha value is -0.580. The van der Waals surface area contributed by atoms with E-state index in [0.717, 1.165) is 12.7 Å². The van der Waals surface area contributed by atoms with Crippen LogP contribution in [0.1, 0.15) is 71.1 Å². The van der Waals surface area contributed by atoms with Gasteiger partial charge in [0.1, 0.15) is 6.26 Å². The first-order valence-electron chi connectivity index (χ1n) is 7.14. The van der Waals surface area contributed by atoms with E-state index in [4.69, 9.17) is 4.89 Å². The molecule has 4 nitrogen and oxygen atoms in total. The monoisotopic (exact) mass is 260 g/mol. The van der Waals surface area contributed by atoms with E-state index in [2.05, 4.69) is 28.5 Å². The zero-order chi connectivity index (χ0) is 13.3. The van der Waals surface area contributed by atoms with Crippen molar-refractivity contribution < 1.29 is 19.9 Å². The van der Waals surface area contributed by atoms with Crippen LogP contribution >= 0.6 is 0 Å². The lowest BCUT2D eigenvalue weighted by atomic mass is 10.1. The van der Waals surface area contributed by atoms with Crippen LogP contribution < -0.4 is 0 Å². The molecule has 0 unspecified atom stereocenters. The second kappa shape index (κ2) is 16.4. The van der Waals surface area contributed by atoms with Gasteiger partial charge in [-0.05, 0) is 11.5 Å². The van der Waals surface area contributed by atoms with Crippen molar-refractivity contribution in [1.82, 2.24) is 0 Å². The molecule has 0 aromatic rings. The van der Waals surface area contributed by atoms with Crippen molar-refractivity contribution in [2.45, 2.75) is 71.1 Å². The van der Waals surface area contributed by atoms with Crippen molar-refractivity contribution in [3.8, 4) is 0 Å². The van der Waals surface area contributed by atoms with Gasteiger partial charge in [-0.1, -0.05) is 71.3 Å². The summed E-state index contributed by atoms with van der Waals surface area (Å²) < 4.78 is 0. The fourth-order valence-corrected chi connectivity index (χ4v) is 1.75. The molecular weight excluding hydrogens is 232 g/mol. The Kier molecular flexibility index (Phi) is 15.9. The van der Waals surface area contributed by atoms with Crippen molar-refractivity contribution >= 4 is 0 Å². The lowest BCUT2D eigenvalue weighted by molar-refractivity contribution is -0.621. The first-order valence-corrected chi connectivity index (χ1v) is 7.14. The minimum Gasteiger partial charge on any atom is -0.315 e. The van der Waals surface area contributed by atoms with Gasteiger partial charge in [-0.2, -0.15) is 0 Å². The topological polar surface area (TPSA) is 36.9 Å². The Balaban J connectivity index is 2.88. The SMILES string of the molecule is C=COOOOCCCCCCCCCCCC. The van der Waals surface area contributed by atoms with Crippen molar-refractivity contribution in [2.75, 3.05) is 6.61 Å². The minimum atomic E-state index is 0.525. The van der Waals surface area contributed by atoms with Crippen molar-refractivity contribution in [1.29, 1.82) is 0 Å². The molecule has 0 aromatic carbocycles. The van der Waals surface area contributed by atoms with E-state index < -0.39 is 0 Å². The van der Waals surface area contributed by atoms with Crippen LogP contribution in [-0.4, -0.2) is 6.61 Å². The third kappa shape index (κ3) is 15.4. The molecule has 0 rings (SSSR count). The summed E-state index contributed by atoms with van der Waals surface area (Å²) in [7, 11) is 0. The zero-order valence-corrected chi connectivity index (χ0v) is 11.7. The van der Waals surface area contributed by atoms with Crippen LogP contribution in [0.4, 0.5) is 0 Å². The third-order valence-corrected chi connectivity index (χ3v) is 2.76. The van der Waals surface area contributed by atoms with Crippen LogP contribution in [0.3, 0.4) is 0 Å². The molecule has 0 aliphatic carbocycles. The molecule has 0 radical (unpaired) electrons. The summed E-state index contributed by atoms with van der Waals surface area (Å²) in [4.78, 5) is 8.96. The molecule has 0 heterocycles. The molecule has 0 spiro atoms. The molecule has 0 saturated carbocycles. The Labute approximate surface area is 111 Å². The quantitative estimate of drug-likeness (QED) is 0.182. The molecule has 0 aromatic heterocycles. The Morgan fingerprint density at radius 3 is 1.89 bits per heavy atom. The van der Waals surface area contributed by atoms with Crippen LogP contribution in [0.2, 0.25) is 0 Å². The van der Waals surface area contributed by atoms with Gasteiger partial charge < -0.3 is 4.89 Å². The Morgan fingerprint density at radius 2 is 1.33 bits per heavy atom. The van der Waals surface area contributed by atoms with E-state index in [-0.39, 0.29) is 0 Å². The molecule has 0 aliphatic rings. The van der Waals surface area contributed by atoms with Gasteiger partial charge in [0, 0.05) is 5.04 Å². The minimum absolute atomic E-state index is 0.525. The zero-order valence-electron chi connectivity index (χ0n) is 11.7. The molecule has 0 fully saturated rings. The summed E-state index contributed by atoms with van der Waals surface area (Å²) in [5.74, 6) is 0. The molecule has 0 saturated heterocycles. The summed E-state index contributed by atoms with van der Waals surface area (Å²) in [5, 5.41) is 8.40. The number of rotatable bonds is 15. The summed E-state index contributed by atoms with van der Waals surface area (Å²) >= 11 is 0. The number of hydrogen-bond donors (Lipinski definition) is 0. The standard InChI is InChI=1S/C14H28O4/c1-3-5-6-7-8-9-10-11-12-13-14-16-18-17-15-4-2/h4H,2-3,5-14H2,1H3. The molecular formula is C14H28O4. The van der Waals surface area contributed by atoms with Gasteiger partial charge in [0.05, 0.1) is 6.61 Å². The van der Waals surface area contributed by atoms with Gasteiger partial charge in [-0.3, -0.25) is 0 Å². The smallest absolute Gasteiger partial charge is 0.125 e. The van der Waals surface area contributed by atoms with Crippen LogP contribution in [0, 0.1) is 0 Å². The highest BCUT2D eigenvalue weighted by Crippen LogP contribution is 2.10. The maximum absolute atomic E-state index is 4.71. The first kappa shape index (κ1) is 17.4. The average Bonchev–Trinajstić information content (AvgIpc) is 2.39. The van der Waals surface area contributed by atoms with E-state index in [1.54, 1.807) is 0 Å². The molecule has 18 heavy (non-hydrogen) atoms. The van der Waals surface area contributed by atoms with Crippen molar-refractivity contribution in [3.63, 3.8) is 0 Å². The summed E-state index contributed by atoms with van der Waals surface area (Å²) in [6.07, 6.45) is 14.1. The average molecular weight is 260 g/mol. The fraction of sp³-hybridized carbons (Fsp3) is 0.857. The van der Waals surface area contributed by atoms with E-state index in [9.17, 15) is 0 Å². The molecule has 4 heteroatoms. The second-order valence-corrected chi connectivity index (χ2v) is 4.40. The van der Waals surface area contributed by atoms with Gasteiger partial charge in [-0.25, -0.2) is 4.89 Å². The van der Waals surface area contributed by atoms with Gasteiger partial charge in [0.2, 0.25) is 0 Å². The van der Waals surface area contributed by atoms with E-state index >= 15 is 0 Å². The maximum atomic E-state index is 4.71. The van der Waals surface area contributed by atoms with Gasteiger partial charge in [-0.15, -0.1) is 0 Å². The Bertz CT molecular complexity index is 162. The van der Waals surface area contributed by atoms with Crippen LogP contribution in [0.5, 0.6) is 0 Å². The highest BCUT2D eigenvalue weighted by Gasteiger charge is 1.94. The molecule has 0 N–H and O–H groups in total. The lowest BCUT2D eigenvalue weighted by Crippen LogP contribution is -1.97. The summed E-state index contributed by atoms with van der Waals surface area (Å²) in [5.41, 5.74) is 0. The molecule has 0 aliphatic heterocycles. The van der Waals surface area contributed by atoms with E-state index in [1.807, 2.05) is 0 Å². The number of unbranched alkanes of at least 4 members (excludes halogenated alkanes) is 9. The highest BCUT2D eigenvalue weighted by atomic mass is 17.7. The molecule has 0 bridgehead atoms. The maximum Gasteiger partial charge on any atom is 0.125 e.